The number of hydrogen-bond donors (Lipinski definition) is 1. The molecule has 0 spiro atoms. The van der Waals surface area contributed by atoms with Crippen molar-refractivity contribution >= 4 is 5.97 Å². The Morgan fingerprint density at radius 3 is 2.56 bits per heavy atom. The standard InChI is InChI=1S/C12H12O4/c1-3-8-15-12(14)9(2)16-11-6-4-10(13)5-7-11/h4-7,9,13H,1-2H3/t9-/m1/s1. The van der Waals surface area contributed by atoms with Crippen LogP contribution in [0, 0.1) is 12.0 Å². The predicted octanol–water partition coefficient (Wildman–Crippen LogP) is 1.68. The minimum atomic E-state index is -0.745. The Hall–Kier alpha value is -2.15. The second-order valence-electron chi connectivity index (χ2n) is 3.03. The molecule has 4 nitrogen and oxygen atoms in total. The second-order valence-corrected chi connectivity index (χ2v) is 3.03. The Morgan fingerprint density at radius 2 is 2.00 bits per heavy atom. The Labute approximate surface area is 93.8 Å². The average Bonchev–Trinajstić information content (AvgIpc) is 2.29. The largest absolute Gasteiger partial charge is 0.508 e. The Balaban J connectivity index is 2.55. The molecule has 0 radical (unpaired) electrons. The van der Waals surface area contributed by atoms with Crippen molar-refractivity contribution in [1.29, 1.82) is 0 Å². The molecule has 4 heteroatoms. The van der Waals surface area contributed by atoms with Gasteiger partial charge in [-0.3, -0.25) is 0 Å². The molecular weight excluding hydrogens is 208 g/mol. The van der Waals surface area contributed by atoms with Crippen molar-refractivity contribution in [3.63, 3.8) is 0 Å². The molecule has 0 saturated carbocycles. The van der Waals surface area contributed by atoms with Crippen molar-refractivity contribution < 1.29 is 19.4 Å². The lowest BCUT2D eigenvalue weighted by molar-refractivity contribution is -0.143. The molecule has 1 aromatic carbocycles. The van der Waals surface area contributed by atoms with E-state index in [0.717, 1.165) is 0 Å². The molecule has 0 aromatic heterocycles. The number of carbonyl (C=O) groups excluding carboxylic acids is 1. The third kappa shape index (κ3) is 3.54. The topological polar surface area (TPSA) is 55.8 Å². The summed E-state index contributed by atoms with van der Waals surface area (Å²) in [5, 5.41) is 9.05. The number of carbonyl (C=O) groups is 1. The average molecular weight is 220 g/mol. The summed E-state index contributed by atoms with van der Waals surface area (Å²) < 4.78 is 9.85. The van der Waals surface area contributed by atoms with Gasteiger partial charge in [-0.1, -0.05) is 5.92 Å². The van der Waals surface area contributed by atoms with Crippen molar-refractivity contribution in [3.05, 3.63) is 24.3 Å². The van der Waals surface area contributed by atoms with Gasteiger partial charge in [0.25, 0.3) is 0 Å². The number of ether oxygens (including phenoxy) is 2. The molecule has 0 aliphatic heterocycles. The fourth-order valence-corrected chi connectivity index (χ4v) is 0.961. The van der Waals surface area contributed by atoms with E-state index in [2.05, 4.69) is 16.8 Å². The van der Waals surface area contributed by atoms with Crippen molar-refractivity contribution in [3.8, 4) is 23.5 Å². The van der Waals surface area contributed by atoms with Crippen molar-refractivity contribution in [2.24, 2.45) is 0 Å². The fourth-order valence-electron chi connectivity index (χ4n) is 0.961. The van der Waals surface area contributed by atoms with Gasteiger partial charge in [0.2, 0.25) is 0 Å². The van der Waals surface area contributed by atoms with Crippen molar-refractivity contribution in [2.45, 2.75) is 20.0 Å². The van der Waals surface area contributed by atoms with E-state index in [1.54, 1.807) is 26.0 Å². The van der Waals surface area contributed by atoms with Crippen LogP contribution in [-0.2, 0) is 9.53 Å². The normalized spacial score (nSPS) is 10.9. The lowest BCUT2D eigenvalue weighted by atomic mass is 10.3. The monoisotopic (exact) mass is 220 g/mol. The first-order chi connectivity index (χ1) is 7.63. The van der Waals surface area contributed by atoms with Crippen LogP contribution in [0.25, 0.3) is 0 Å². The van der Waals surface area contributed by atoms with E-state index in [1.165, 1.54) is 12.1 Å². The lowest BCUT2D eigenvalue weighted by Crippen LogP contribution is -2.24. The number of benzene rings is 1. The third-order valence-electron chi connectivity index (χ3n) is 1.74. The van der Waals surface area contributed by atoms with E-state index in [0.29, 0.717) is 5.75 Å². The number of esters is 1. The van der Waals surface area contributed by atoms with Gasteiger partial charge < -0.3 is 14.6 Å². The van der Waals surface area contributed by atoms with Gasteiger partial charge >= 0.3 is 5.97 Å². The van der Waals surface area contributed by atoms with Crippen LogP contribution in [0.15, 0.2) is 24.3 Å². The Bertz CT molecular complexity index is 411. The Morgan fingerprint density at radius 1 is 1.38 bits per heavy atom. The zero-order valence-corrected chi connectivity index (χ0v) is 9.06. The third-order valence-corrected chi connectivity index (χ3v) is 1.74. The number of aromatic hydroxyl groups is 1. The molecule has 1 atom stereocenters. The van der Waals surface area contributed by atoms with E-state index in [4.69, 9.17) is 9.84 Å². The van der Waals surface area contributed by atoms with Gasteiger partial charge in [0.15, 0.2) is 6.10 Å². The summed E-state index contributed by atoms with van der Waals surface area (Å²) in [6, 6.07) is 6.06. The molecule has 0 heterocycles. The first kappa shape index (κ1) is 11.9. The summed E-state index contributed by atoms with van der Waals surface area (Å²) >= 11 is 0. The van der Waals surface area contributed by atoms with Gasteiger partial charge in [-0.25, -0.2) is 4.79 Å². The van der Waals surface area contributed by atoms with Gasteiger partial charge in [-0.15, -0.1) is 0 Å². The summed E-state index contributed by atoms with van der Waals surface area (Å²) in [4.78, 5) is 11.3. The highest BCUT2D eigenvalue weighted by Crippen LogP contribution is 2.17. The highest BCUT2D eigenvalue weighted by atomic mass is 16.6. The minimum Gasteiger partial charge on any atom is -0.508 e. The fraction of sp³-hybridized carbons (Fsp3) is 0.250. The highest BCUT2D eigenvalue weighted by Gasteiger charge is 2.15. The second kappa shape index (κ2) is 5.66. The van der Waals surface area contributed by atoms with Gasteiger partial charge in [0.1, 0.15) is 17.6 Å². The molecule has 1 rings (SSSR count). The molecule has 0 unspecified atom stereocenters. The highest BCUT2D eigenvalue weighted by molar-refractivity contribution is 5.75. The van der Waals surface area contributed by atoms with Crippen LogP contribution in [0.5, 0.6) is 11.5 Å². The molecule has 16 heavy (non-hydrogen) atoms. The van der Waals surface area contributed by atoms with Crippen LogP contribution < -0.4 is 4.74 Å². The van der Waals surface area contributed by atoms with E-state index >= 15 is 0 Å². The molecule has 0 saturated heterocycles. The maximum absolute atomic E-state index is 11.3. The SMILES string of the molecule is CC#COC(=O)[C@@H](C)Oc1ccc(O)cc1. The number of phenols is 1. The van der Waals surface area contributed by atoms with Gasteiger partial charge in [-0.2, -0.15) is 0 Å². The maximum Gasteiger partial charge on any atom is 0.360 e. The van der Waals surface area contributed by atoms with E-state index < -0.39 is 12.1 Å². The molecule has 84 valence electrons. The van der Waals surface area contributed by atoms with E-state index in [1.807, 2.05) is 0 Å². The first-order valence-corrected chi connectivity index (χ1v) is 4.71. The lowest BCUT2D eigenvalue weighted by Gasteiger charge is -2.11. The molecular formula is C12H12O4. The van der Waals surface area contributed by atoms with Crippen LogP contribution in [-0.4, -0.2) is 17.2 Å². The number of hydrogen-bond acceptors (Lipinski definition) is 4. The summed E-state index contributed by atoms with van der Waals surface area (Å²) in [6.07, 6.45) is 1.46. The molecule has 0 aliphatic rings. The summed E-state index contributed by atoms with van der Waals surface area (Å²) in [5.41, 5.74) is 0. The van der Waals surface area contributed by atoms with Crippen molar-refractivity contribution in [2.75, 3.05) is 0 Å². The summed E-state index contributed by atoms with van der Waals surface area (Å²) in [7, 11) is 0. The van der Waals surface area contributed by atoms with E-state index in [9.17, 15) is 4.79 Å². The molecule has 0 amide bonds. The summed E-state index contributed by atoms with van der Waals surface area (Å²) in [5.74, 6) is 2.51. The quantitative estimate of drug-likeness (QED) is 0.622. The molecule has 0 fully saturated rings. The zero-order chi connectivity index (χ0) is 12.0. The maximum atomic E-state index is 11.3. The number of phenolic OH excluding ortho intramolecular Hbond substituents is 1. The van der Waals surface area contributed by atoms with Crippen LogP contribution in [0.2, 0.25) is 0 Å². The van der Waals surface area contributed by atoms with Crippen LogP contribution >= 0.6 is 0 Å². The molecule has 0 aliphatic carbocycles. The molecule has 1 N–H and O–H groups in total. The molecule has 0 bridgehead atoms. The first-order valence-electron chi connectivity index (χ1n) is 4.71. The van der Waals surface area contributed by atoms with Crippen LogP contribution in [0.1, 0.15) is 13.8 Å². The number of rotatable bonds is 3. The van der Waals surface area contributed by atoms with Crippen LogP contribution in [0.4, 0.5) is 0 Å². The predicted molar refractivity (Wildman–Crippen MR) is 57.7 cm³/mol. The smallest absolute Gasteiger partial charge is 0.360 e. The van der Waals surface area contributed by atoms with E-state index in [-0.39, 0.29) is 5.75 Å². The van der Waals surface area contributed by atoms with Gasteiger partial charge in [0.05, 0.1) is 0 Å². The van der Waals surface area contributed by atoms with Crippen molar-refractivity contribution in [1.82, 2.24) is 0 Å². The minimum absolute atomic E-state index is 0.138. The van der Waals surface area contributed by atoms with Crippen LogP contribution in [0.3, 0.4) is 0 Å². The molecule has 1 aromatic rings. The zero-order valence-electron chi connectivity index (χ0n) is 9.06. The summed E-state index contributed by atoms with van der Waals surface area (Å²) in [6.45, 7) is 3.13. The van der Waals surface area contributed by atoms with Gasteiger partial charge in [-0.05, 0) is 31.2 Å². The Kier molecular flexibility index (Phi) is 4.22. The van der Waals surface area contributed by atoms with Gasteiger partial charge in [0, 0.05) is 6.92 Å².